The Bertz CT molecular complexity index is 714. The highest BCUT2D eigenvalue weighted by Crippen LogP contribution is 2.37. The Balaban J connectivity index is 1.76. The molecule has 1 fully saturated rings. The second-order valence-electron chi connectivity index (χ2n) is 5.35. The maximum Gasteiger partial charge on any atom is 0.242 e. The summed E-state index contributed by atoms with van der Waals surface area (Å²) >= 11 is 4.55. The minimum atomic E-state index is -3.54. The molecule has 0 aromatic heterocycles. The van der Waals surface area contributed by atoms with E-state index in [4.69, 9.17) is 0 Å². The lowest BCUT2D eigenvalue weighted by molar-refractivity contribution is 0.422. The van der Waals surface area contributed by atoms with Crippen LogP contribution in [0.4, 0.5) is 11.4 Å². The Morgan fingerprint density at radius 1 is 1.29 bits per heavy atom. The molecule has 1 saturated carbocycles. The van der Waals surface area contributed by atoms with Crippen LogP contribution in [0.3, 0.4) is 0 Å². The first-order valence-corrected chi connectivity index (χ1v) is 10.2. The van der Waals surface area contributed by atoms with E-state index in [9.17, 15) is 8.42 Å². The summed E-state index contributed by atoms with van der Waals surface area (Å²) in [4.78, 5) is 0.224. The zero-order valence-electron chi connectivity index (χ0n) is 11.3. The summed E-state index contributed by atoms with van der Waals surface area (Å²) in [6, 6.07) is 5.06. The third-order valence-corrected chi connectivity index (χ3v) is 6.92. The molecule has 2 aliphatic rings. The summed E-state index contributed by atoms with van der Waals surface area (Å²) in [5, 5.41) is 0.935. The van der Waals surface area contributed by atoms with E-state index in [0.717, 1.165) is 23.1 Å². The van der Waals surface area contributed by atoms with Crippen molar-refractivity contribution >= 4 is 48.7 Å². The van der Waals surface area contributed by atoms with E-state index in [1.54, 1.807) is 18.2 Å². The van der Waals surface area contributed by atoms with Crippen LogP contribution in [0.15, 0.2) is 31.8 Å². The number of halogens is 1. The van der Waals surface area contributed by atoms with Gasteiger partial charge in [-0.3, -0.25) is 0 Å². The first kappa shape index (κ1) is 15.3. The van der Waals surface area contributed by atoms with Gasteiger partial charge in [0, 0.05) is 11.9 Å². The molecule has 1 N–H and O–H groups in total. The molecular weight excluding hydrogens is 374 g/mol. The van der Waals surface area contributed by atoms with E-state index >= 15 is 0 Å². The van der Waals surface area contributed by atoms with Crippen LogP contribution in [0.5, 0.6) is 0 Å². The van der Waals surface area contributed by atoms with E-state index < -0.39 is 10.0 Å². The lowest BCUT2D eigenvalue weighted by Crippen LogP contribution is -2.31. The van der Waals surface area contributed by atoms with Crippen LogP contribution in [0.1, 0.15) is 19.3 Å². The number of benzene rings is 1. The Morgan fingerprint density at radius 3 is 2.90 bits per heavy atom. The average Bonchev–Trinajstić information content (AvgIpc) is 3.12. The van der Waals surface area contributed by atoms with Gasteiger partial charge in [-0.25, -0.2) is 13.1 Å². The number of nitrogens with zero attached hydrogens (tertiary/aromatic N) is 2. The van der Waals surface area contributed by atoms with Crippen LogP contribution in [-0.4, -0.2) is 20.3 Å². The standard InChI is InChI=1S/C13H16BrN3O2S2/c14-7-9-3-1-4-10(9)8-15-21(18,19)12-6-2-5-11-13(12)17-20-16-11/h2,5-6,9-10,15H,1,3-4,7-8H2. The molecule has 8 heteroatoms. The van der Waals surface area contributed by atoms with E-state index in [-0.39, 0.29) is 4.90 Å². The molecule has 0 spiro atoms. The first-order chi connectivity index (χ1) is 10.1. The highest BCUT2D eigenvalue weighted by atomic mass is 79.9. The second-order valence-corrected chi connectivity index (χ2v) is 8.26. The smallest absolute Gasteiger partial charge is 0.211 e. The number of rotatable bonds is 5. The number of sulfonamides is 1. The van der Waals surface area contributed by atoms with E-state index in [0.29, 0.717) is 29.8 Å². The highest BCUT2D eigenvalue weighted by molar-refractivity contribution is 9.09. The average molecular weight is 390 g/mol. The van der Waals surface area contributed by atoms with Gasteiger partial charge < -0.3 is 0 Å². The van der Waals surface area contributed by atoms with Crippen LogP contribution in [0, 0.1) is 11.8 Å². The third-order valence-electron chi connectivity index (χ3n) is 4.09. The predicted octanol–water partition coefficient (Wildman–Crippen LogP) is 3.50. The van der Waals surface area contributed by atoms with Gasteiger partial charge in [0.2, 0.25) is 10.0 Å². The summed E-state index contributed by atoms with van der Waals surface area (Å²) in [7, 11) is -3.54. The molecule has 21 heavy (non-hydrogen) atoms. The Hall–Kier alpha value is -0.570. The predicted molar refractivity (Wildman–Crippen MR) is 87.8 cm³/mol. The lowest BCUT2D eigenvalue weighted by atomic mass is 9.99. The Kier molecular flexibility index (Phi) is 4.58. The minimum Gasteiger partial charge on any atom is -0.211 e. The van der Waals surface area contributed by atoms with E-state index in [2.05, 4.69) is 29.4 Å². The molecule has 0 saturated heterocycles. The molecule has 1 aromatic carbocycles. The molecule has 1 aromatic rings. The fourth-order valence-corrected chi connectivity index (χ4v) is 5.59. The number of hydrogen-bond donors (Lipinski definition) is 1. The fourth-order valence-electron chi connectivity index (χ4n) is 2.88. The van der Waals surface area contributed by atoms with Crippen molar-refractivity contribution in [2.75, 3.05) is 11.9 Å². The maximum absolute atomic E-state index is 12.5. The first-order valence-electron chi connectivity index (χ1n) is 6.89. The van der Waals surface area contributed by atoms with Crippen molar-refractivity contribution in [3.63, 3.8) is 0 Å². The summed E-state index contributed by atoms with van der Waals surface area (Å²) in [5.41, 5.74) is 1.08. The van der Waals surface area contributed by atoms with Gasteiger partial charge >= 0.3 is 0 Å². The van der Waals surface area contributed by atoms with Gasteiger partial charge in [-0.2, -0.15) is 8.73 Å². The number of nitrogens with one attached hydrogen (secondary N) is 1. The van der Waals surface area contributed by atoms with Gasteiger partial charge in [-0.1, -0.05) is 28.4 Å². The topological polar surface area (TPSA) is 70.9 Å². The molecule has 0 radical (unpaired) electrons. The Labute approximate surface area is 136 Å². The zero-order valence-corrected chi connectivity index (χ0v) is 14.5. The summed E-state index contributed by atoms with van der Waals surface area (Å²) in [5.74, 6) is 0.969. The number of alkyl halides is 1. The molecule has 1 aliphatic heterocycles. The largest absolute Gasteiger partial charge is 0.242 e. The van der Waals surface area contributed by atoms with Crippen LogP contribution < -0.4 is 4.72 Å². The molecule has 0 bridgehead atoms. The van der Waals surface area contributed by atoms with Crippen molar-refractivity contribution in [1.82, 2.24) is 4.72 Å². The maximum atomic E-state index is 12.5. The molecule has 2 unspecified atom stereocenters. The van der Waals surface area contributed by atoms with Gasteiger partial charge in [0.15, 0.2) is 0 Å². The molecule has 1 aliphatic carbocycles. The monoisotopic (exact) mass is 389 g/mol. The SMILES string of the molecule is O=S(=O)(NCC1CCCC1CBr)c1cccc2c1N=S=N2. The van der Waals surface area contributed by atoms with Crippen LogP contribution in [0.25, 0.3) is 0 Å². The third kappa shape index (κ3) is 3.13. The lowest BCUT2D eigenvalue weighted by Gasteiger charge is -2.18. The zero-order chi connectivity index (χ0) is 14.9. The van der Waals surface area contributed by atoms with Crippen molar-refractivity contribution < 1.29 is 8.42 Å². The molecule has 0 amide bonds. The van der Waals surface area contributed by atoms with Gasteiger partial charge in [0.25, 0.3) is 0 Å². The molecule has 1 heterocycles. The van der Waals surface area contributed by atoms with Crippen LogP contribution >= 0.6 is 15.9 Å². The fraction of sp³-hybridized carbons (Fsp3) is 0.538. The van der Waals surface area contributed by atoms with E-state index in [1.165, 1.54) is 12.8 Å². The summed E-state index contributed by atoms with van der Waals surface area (Å²) < 4.78 is 36.0. The molecule has 3 rings (SSSR count). The van der Waals surface area contributed by atoms with Gasteiger partial charge in [-0.15, -0.1) is 0 Å². The normalized spacial score (nSPS) is 24.0. The highest BCUT2D eigenvalue weighted by Gasteiger charge is 2.29. The van der Waals surface area contributed by atoms with Crippen molar-refractivity contribution in [2.45, 2.75) is 24.2 Å². The Morgan fingerprint density at radius 2 is 2.10 bits per heavy atom. The van der Waals surface area contributed by atoms with Crippen molar-refractivity contribution in [2.24, 2.45) is 20.6 Å². The van der Waals surface area contributed by atoms with Crippen molar-refractivity contribution in [3.05, 3.63) is 18.2 Å². The van der Waals surface area contributed by atoms with E-state index in [1.807, 2.05) is 0 Å². The molecule has 5 nitrogen and oxygen atoms in total. The second kappa shape index (κ2) is 6.28. The molecule has 114 valence electrons. The molecular formula is C13H16BrN3O2S2. The summed E-state index contributed by atoms with van der Waals surface area (Å²) in [6.07, 6.45) is 3.43. The summed E-state index contributed by atoms with van der Waals surface area (Å²) in [6.45, 7) is 0.493. The van der Waals surface area contributed by atoms with Gasteiger partial charge in [0.1, 0.15) is 16.3 Å². The van der Waals surface area contributed by atoms with Crippen molar-refractivity contribution in [1.29, 1.82) is 0 Å². The van der Waals surface area contributed by atoms with Crippen LogP contribution in [-0.2, 0) is 21.4 Å². The number of fused-ring (bicyclic) bond motifs is 1. The molecule has 2 atom stereocenters. The van der Waals surface area contributed by atoms with Gasteiger partial charge in [-0.05, 0) is 36.8 Å². The quantitative estimate of drug-likeness (QED) is 0.794. The van der Waals surface area contributed by atoms with Crippen molar-refractivity contribution in [3.8, 4) is 0 Å². The minimum absolute atomic E-state index is 0.224. The van der Waals surface area contributed by atoms with Gasteiger partial charge in [0.05, 0.1) is 11.4 Å². The number of hydrogen-bond acceptors (Lipinski definition) is 4. The van der Waals surface area contributed by atoms with Crippen LogP contribution in [0.2, 0.25) is 0 Å².